The number of fused-ring (bicyclic) bond motifs is 4. The van der Waals surface area contributed by atoms with Crippen molar-refractivity contribution >= 4 is 48.7 Å². The largest absolute Gasteiger partial charge is 0.0801 e. The number of benzene rings is 10. The molecule has 276 valence electrons. The molecule has 0 N–H and O–H groups in total. The molecule has 1 aliphatic carbocycles. The van der Waals surface area contributed by atoms with Gasteiger partial charge in [0.15, 0.2) is 0 Å². The van der Waals surface area contributed by atoms with Gasteiger partial charge in [-0.15, -0.1) is 0 Å². The summed E-state index contributed by atoms with van der Waals surface area (Å²) in [4.78, 5) is 0. The summed E-state index contributed by atoms with van der Waals surface area (Å²) in [5.41, 5.74) is 15.0. The van der Waals surface area contributed by atoms with E-state index in [4.69, 9.17) is 0 Å². The monoisotopic (exact) mass is 748 g/mol. The quantitative estimate of drug-likeness (QED) is 0.149. The van der Waals surface area contributed by atoms with Crippen LogP contribution in [0.15, 0.2) is 231 Å². The Kier molecular flexibility index (Phi) is 8.68. The zero-order valence-corrected chi connectivity index (χ0v) is 32.6. The van der Waals surface area contributed by atoms with Crippen LogP contribution in [0.4, 0.5) is 0 Å². The van der Waals surface area contributed by atoms with E-state index in [2.05, 4.69) is 231 Å². The maximum Gasteiger partial charge on any atom is -0.00262 e. The van der Waals surface area contributed by atoms with Gasteiger partial charge in [-0.1, -0.05) is 218 Å². The highest BCUT2D eigenvalue weighted by molar-refractivity contribution is 6.23. The second kappa shape index (κ2) is 14.8. The van der Waals surface area contributed by atoms with Crippen LogP contribution in [-0.2, 0) is 0 Å². The molecule has 0 unspecified atom stereocenters. The van der Waals surface area contributed by atoms with Gasteiger partial charge in [0.05, 0.1) is 0 Å². The molecule has 0 aromatic heterocycles. The molecule has 0 aliphatic heterocycles. The van der Waals surface area contributed by atoms with Crippen molar-refractivity contribution < 1.29 is 0 Å². The fourth-order valence-corrected chi connectivity index (χ4v) is 9.46. The van der Waals surface area contributed by atoms with Crippen molar-refractivity contribution in [2.45, 2.75) is 6.42 Å². The molecule has 0 bridgehead atoms. The molecule has 0 radical (unpaired) electrons. The first-order chi connectivity index (χ1) is 29.3. The summed E-state index contributed by atoms with van der Waals surface area (Å²) in [5, 5.41) is 10.1. The Morgan fingerprint density at radius 2 is 0.593 bits per heavy atom. The first-order valence-corrected chi connectivity index (χ1v) is 20.6. The van der Waals surface area contributed by atoms with Crippen LogP contribution < -0.4 is 0 Å². The van der Waals surface area contributed by atoms with Crippen molar-refractivity contribution in [1.29, 1.82) is 0 Å². The second-order valence-electron chi connectivity index (χ2n) is 15.5. The minimum atomic E-state index is 0.922. The maximum atomic E-state index is 2.38. The van der Waals surface area contributed by atoms with E-state index in [0.29, 0.717) is 0 Å². The minimum absolute atomic E-state index is 0.922. The van der Waals surface area contributed by atoms with E-state index in [0.717, 1.165) is 6.42 Å². The van der Waals surface area contributed by atoms with Gasteiger partial charge in [0.1, 0.15) is 0 Å². The minimum Gasteiger partial charge on any atom is -0.0801 e. The van der Waals surface area contributed by atoms with Crippen LogP contribution in [0.1, 0.15) is 12.0 Å². The molecule has 0 fully saturated rings. The molecular weight excluding hydrogens is 709 g/mol. The van der Waals surface area contributed by atoms with Crippen molar-refractivity contribution in [2.75, 3.05) is 0 Å². The average molecular weight is 749 g/mol. The van der Waals surface area contributed by atoms with E-state index >= 15 is 0 Å². The Hall–Kier alpha value is -7.54. The third-order valence-corrected chi connectivity index (χ3v) is 12.1. The maximum absolute atomic E-state index is 2.38. The molecule has 59 heavy (non-hydrogen) atoms. The third kappa shape index (κ3) is 6.09. The Labute approximate surface area is 345 Å². The van der Waals surface area contributed by atoms with Gasteiger partial charge in [-0.3, -0.25) is 0 Å². The highest BCUT2D eigenvalue weighted by Crippen LogP contribution is 2.47. The van der Waals surface area contributed by atoms with Gasteiger partial charge in [0.2, 0.25) is 0 Å². The summed E-state index contributed by atoms with van der Waals surface area (Å²) in [6, 6.07) is 73.9. The second-order valence-corrected chi connectivity index (χ2v) is 15.5. The van der Waals surface area contributed by atoms with E-state index in [-0.39, 0.29) is 0 Å². The zero-order valence-electron chi connectivity index (χ0n) is 32.6. The summed E-state index contributed by atoms with van der Waals surface area (Å²) in [6.45, 7) is 0. The molecule has 10 aromatic rings. The van der Waals surface area contributed by atoms with Crippen LogP contribution in [-0.4, -0.2) is 0 Å². The molecule has 10 aromatic carbocycles. The first kappa shape index (κ1) is 34.7. The lowest BCUT2D eigenvalue weighted by Gasteiger charge is -2.20. The first-order valence-electron chi connectivity index (χ1n) is 20.6. The van der Waals surface area contributed by atoms with Crippen LogP contribution in [0.3, 0.4) is 0 Å². The Morgan fingerprint density at radius 1 is 0.237 bits per heavy atom. The van der Waals surface area contributed by atoms with E-state index in [1.165, 1.54) is 110 Å². The van der Waals surface area contributed by atoms with Gasteiger partial charge >= 0.3 is 0 Å². The fraction of sp³-hybridized carbons (Fsp3) is 0.0169. The van der Waals surface area contributed by atoms with Crippen molar-refractivity contribution in [2.24, 2.45) is 0 Å². The predicted molar refractivity (Wildman–Crippen MR) is 255 cm³/mol. The number of allylic oxidation sites excluding steroid dienone is 6. The molecule has 0 amide bonds. The molecule has 0 heterocycles. The summed E-state index contributed by atoms with van der Waals surface area (Å²) < 4.78 is 0. The summed E-state index contributed by atoms with van der Waals surface area (Å²) in [7, 11) is 0. The number of hydrogen-bond donors (Lipinski definition) is 0. The number of hydrogen-bond acceptors (Lipinski definition) is 0. The molecule has 0 nitrogen and oxygen atoms in total. The van der Waals surface area contributed by atoms with Gasteiger partial charge in [-0.2, -0.15) is 0 Å². The summed E-state index contributed by atoms with van der Waals surface area (Å²) in [6.07, 6.45) is 11.8. The highest BCUT2D eigenvalue weighted by Gasteiger charge is 2.20. The molecule has 0 spiro atoms. The lowest BCUT2D eigenvalue weighted by Crippen LogP contribution is -1.93. The van der Waals surface area contributed by atoms with E-state index < -0.39 is 0 Å². The van der Waals surface area contributed by atoms with Gasteiger partial charge in [0.25, 0.3) is 0 Å². The van der Waals surface area contributed by atoms with Crippen molar-refractivity contribution in [3.63, 3.8) is 0 Å². The average Bonchev–Trinajstić information content (AvgIpc) is 3.61. The van der Waals surface area contributed by atoms with Crippen LogP contribution >= 0.6 is 0 Å². The van der Waals surface area contributed by atoms with Crippen molar-refractivity contribution in [3.05, 3.63) is 236 Å². The van der Waals surface area contributed by atoms with E-state index in [1.807, 2.05) is 0 Å². The lowest BCUT2D eigenvalue weighted by molar-refractivity contribution is 1.40. The Balaban J connectivity index is 1.07. The van der Waals surface area contributed by atoms with Crippen LogP contribution in [0, 0.1) is 0 Å². The molecule has 11 rings (SSSR count). The van der Waals surface area contributed by atoms with Gasteiger partial charge in [0, 0.05) is 0 Å². The summed E-state index contributed by atoms with van der Waals surface area (Å²) in [5.74, 6) is 0. The van der Waals surface area contributed by atoms with Crippen LogP contribution in [0.5, 0.6) is 0 Å². The van der Waals surface area contributed by atoms with Gasteiger partial charge in [-0.25, -0.2) is 0 Å². The van der Waals surface area contributed by atoms with Gasteiger partial charge < -0.3 is 0 Å². The SMILES string of the molecule is C1=CC=C(c2cccc(-c3c4ccccc4c(-c4ccc(-c5c6ccccc6c(-c6cccc(-c7ccccc7)c6)c6ccccc56)cc4)c4ccccc34)c2)CC=C1. The van der Waals surface area contributed by atoms with E-state index in [9.17, 15) is 0 Å². The Bertz CT molecular complexity index is 3210. The number of rotatable bonds is 6. The molecular formula is C59H40. The molecule has 1 aliphatic rings. The van der Waals surface area contributed by atoms with Crippen LogP contribution in [0.2, 0.25) is 0 Å². The van der Waals surface area contributed by atoms with Crippen molar-refractivity contribution in [3.8, 4) is 55.6 Å². The van der Waals surface area contributed by atoms with Gasteiger partial charge in [-0.05, 0) is 128 Å². The topological polar surface area (TPSA) is 0 Å². The highest BCUT2D eigenvalue weighted by atomic mass is 14.2. The lowest BCUT2D eigenvalue weighted by atomic mass is 9.84. The van der Waals surface area contributed by atoms with Crippen molar-refractivity contribution in [1.82, 2.24) is 0 Å². The normalized spacial score (nSPS) is 12.6. The Morgan fingerprint density at radius 3 is 1.05 bits per heavy atom. The molecule has 0 atom stereocenters. The molecule has 0 saturated carbocycles. The standard InChI is InChI=1S/C59H40/c1-2-5-19-40(18-4-1)44-22-16-24-46(38-44)58-52-30-12-8-26-48(52)56(49-27-9-13-31-53(49)58)42-34-36-43(37-35-42)57-50-28-10-14-32-54(50)59(55-33-15-11-29-51(55)57)47-25-17-23-45(39-47)41-20-6-3-7-21-41/h1-18,20-39H,19H2. The predicted octanol–water partition coefficient (Wildman–Crippen LogP) is 16.5. The molecule has 0 saturated heterocycles. The molecule has 0 heteroatoms. The smallest absolute Gasteiger partial charge is 0.00262 e. The van der Waals surface area contributed by atoms with Crippen LogP contribution in [0.25, 0.3) is 104 Å². The summed E-state index contributed by atoms with van der Waals surface area (Å²) >= 11 is 0. The fourth-order valence-electron chi connectivity index (χ4n) is 9.46. The zero-order chi connectivity index (χ0) is 39.1. The van der Waals surface area contributed by atoms with E-state index in [1.54, 1.807) is 0 Å². The third-order valence-electron chi connectivity index (χ3n) is 12.1.